The van der Waals surface area contributed by atoms with E-state index in [4.69, 9.17) is 0 Å². The Morgan fingerprint density at radius 1 is 1.17 bits per heavy atom. The lowest BCUT2D eigenvalue weighted by molar-refractivity contribution is 0.598. The van der Waals surface area contributed by atoms with Crippen LogP contribution >= 0.6 is 0 Å². The first-order valence-corrected chi connectivity index (χ1v) is 8.07. The van der Waals surface area contributed by atoms with Gasteiger partial charge in [0.05, 0.1) is 4.90 Å². The third-order valence-electron chi connectivity index (χ3n) is 3.16. The molecule has 1 heterocycles. The number of nitrogens with one attached hydrogen (secondary N) is 2. The molecule has 0 atom stereocenters. The van der Waals surface area contributed by atoms with Gasteiger partial charge in [-0.25, -0.2) is 12.8 Å². The Balaban J connectivity index is 1.91. The van der Waals surface area contributed by atoms with E-state index in [0.717, 1.165) is 6.07 Å². The lowest BCUT2D eigenvalue weighted by Crippen LogP contribution is -2.13. The minimum Gasteiger partial charge on any atom is -0.280 e. The van der Waals surface area contributed by atoms with Crippen LogP contribution in [0, 0.1) is 12.7 Å². The van der Waals surface area contributed by atoms with Crippen molar-refractivity contribution in [2.45, 2.75) is 11.8 Å². The summed E-state index contributed by atoms with van der Waals surface area (Å²) in [5, 5.41) is 13.5. The van der Waals surface area contributed by atoms with Gasteiger partial charge in [0.25, 0.3) is 10.0 Å². The Morgan fingerprint density at radius 2 is 2.00 bits per heavy atom. The van der Waals surface area contributed by atoms with E-state index in [-0.39, 0.29) is 10.5 Å². The molecule has 3 aromatic rings. The molecule has 9 heteroatoms. The fourth-order valence-corrected chi connectivity index (χ4v) is 3.14. The number of aryl methyl sites for hydroxylation is 1. The number of aromatic amines is 1. The lowest BCUT2D eigenvalue weighted by atomic mass is 10.2. The van der Waals surface area contributed by atoms with E-state index < -0.39 is 15.8 Å². The average molecular weight is 333 g/mol. The van der Waals surface area contributed by atoms with E-state index in [9.17, 15) is 12.8 Å². The highest BCUT2D eigenvalue weighted by Crippen LogP contribution is 2.22. The van der Waals surface area contributed by atoms with Crippen molar-refractivity contribution in [3.8, 4) is 11.4 Å². The van der Waals surface area contributed by atoms with E-state index in [1.807, 2.05) is 0 Å². The third kappa shape index (κ3) is 3.19. The van der Waals surface area contributed by atoms with Gasteiger partial charge in [-0.15, -0.1) is 10.2 Å². The first kappa shape index (κ1) is 15.1. The van der Waals surface area contributed by atoms with Crippen LogP contribution in [-0.2, 0) is 10.0 Å². The molecule has 0 saturated heterocycles. The lowest BCUT2D eigenvalue weighted by Gasteiger charge is -2.09. The van der Waals surface area contributed by atoms with E-state index in [1.54, 1.807) is 24.3 Å². The first-order chi connectivity index (χ1) is 11.0. The standard InChI is InChI=1S/C14H12FN5O2S/c1-9-7-12(5-6-13(9)15)23(21,22)18-11-4-2-3-10(8-11)14-16-19-20-17-14/h2-8,18H,1H3,(H,16,17,19,20). The van der Waals surface area contributed by atoms with Gasteiger partial charge in [-0.2, -0.15) is 5.21 Å². The number of benzene rings is 2. The predicted molar refractivity (Wildman–Crippen MR) is 81.6 cm³/mol. The van der Waals surface area contributed by atoms with Crippen LogP contribution in [0.25, 0.3) is 11.4 Å². The molecule has 2 N–H and O–H groups in total. The summed E-state index contributed by atoms with van der Waals surface area (Å²) in [4.78, 5) is -0.0126. The number of anilines is 1. The summed E-state index contributed by atoms with van der Waals surface area (Å²) in [6, 6.07) is 10.2. The molecule has 0 aliphatic carbocycles. The number of hydrogen-bond acceptors (Lipinski definition) is 5. The number of sulfonamides is 1. The van der Waals surface area contributed by atoms with Gasteiger partial charge >= 0.3 is 0 Å². The van der Waals surface area contributed by atoms with Gasteiger partial charge in [-0.3, -0.25) is 4.72 Å². The molecule has 0 aliphatic heterocycles. The quantitative estimate of drug-likeness (QED) is 0.761. The molecule has 0 aliphatic rings. The van der Waals surface area contributed by atoms with Crippen molar-refractivity contribution in [1.82, 2.24) is 20.6 Å². The zero-order valence-electron chi connectivity index (χ0n) is 12.0. The van der Waals surface area contributed by atoms with Crippen molar-refractivity contribution < 1.29 is 12.8 Å². The molecule has 2 aromatic carbocycles. The second-order valence-electron chi connectivity index (χ2n) is 4.83. The minimum atomic E-state index is -3.82. The normalized spacial score (nSPS) is 11.4. The highest BCUT2D eigenvalue weighted by molar-refractivity contribution is 7.92. The molecule has 0 unspecified atom stereocenters. The summed E-state index contributed by atoms with van der Waals surface area (Å²) < 4.78 is 40.5. The van der Waals surface area contributed by atoms with Crippen LogP contribution in [0.2, 0.25) is 0 Å². The molecule has 0 bridgehead atoms. The highest BCUT2D eigenvalue weighted by Gasteiger charge is 2.16. The average Bonchev–Trinajstić information content (AvgIpc) is 3.04. The number of rotatable bonds is 4. The predicted octanol–water partition coefficient (Wildman–Crippen LogP) is 2.12. The number of nitrogens with zero attached hydrogens (tertiary/aromatic N) is 3. The maximum atomic E-state index is 13.3. The summed E-state index contributed by atoms with van der Waals surface area (Å²) in [5.74, 6) is -0.105. The number of H-pyrrole nitrogens is 1. The van der Waals surface area contributed by atoms with E-state index in [1.165, 1.54) is 19.1 Å². The fraction of sp³-hybridized carbons (Fsp3) is 0.0714. The molecule has 118 valence electrons. The Morgan fingerprint density at radius 3 is 2.70 bits per heavy atom. The molecule has 0 radical (unpaired) electrons. The largest absolute Gasteiger partial charge is 0.280 e. The number of aromatic nitrogens is 4. The molecule has 7 nitrogen and oxygen atoms in total. The number of hydrogen-bond donors (Lipinski definition) is 2. The van der Waals surface area contributed by atoms with Crippen LogP contribution in [-0.4, -0.2) is 29.0 Å². The number of halogens is 1. The topological polar surface area (TPSA) is 101 Å². The van der Waals surface area contributed by atoms with Crippen LogP contribution in [0.4, 0.5) is 10.1 Å². The van der Waals surface area contributed by atoms with Crippen LogP contribution in [0.1, 0.15) is 5.56 Å². The fourth-order valence-electron chi connectivity index (χ4n) is 2.00. The van der Waals surface area contributed by atoms with Gasteiger partial charge < -0.3 is 0 Å². The number of tetrazole rings is 1. The van der Waals surface area contributed by atoms with Crippen LogP contribution in [0.15, 0.2) is 47.4 Å². The van der Waals surface area contributed by atoms with Gasteiger partial charge in [-0.1, -0.05) is 12.1 Å². The van der Waals surface area contributed by atoms with Crippen molar-refractivity contribution in [2.24, 2.45) is 0 Å². The molecule has 3 rings (SSSR count). The molecule has 0 fully saturated rings. The van der Waals surface area contributed by atoms with E-state index in [0.29, 0.717) is 17.1 Å². The van der Waals surface area contributed by atoms with Crippen molar-refractivity contribution in [1.29, 1.82) is 0 Å². The molecule has 1 aromatic heterocycles. The van der Waals surface area contributed by atoms with E-state index >= 15 is 0 Å². The van der Waals surface area contributed by atoms with Gasteiger partial charge in [0.15, 0.2) is 0 Å². The first-order valence-electron chi connectivity index (χ1n) is 6.58. The smallest absolute Gasteiger partial charge is 0.261 e. The Labute approximate surface area is 131 Å². The van der Waals surface area contributed by atoms with Crippen molar-refractivity contribution in [3.63, 3.8) is 0 Å². The van der Waals surface area contributed by atoms with Gasteiger partial charge in [0, 0.05) is 11.3 Å². The Bertz CT molecular complexity index is 942. The van der Waals surface area contributed by atoms with E-state index in [2.05, 4.69) is 25.3 Å². The Kier molecular flexibility index (Phi) is 3.78. The second kappa shape index (κ2) is 5.76. The summed E-state index contributed by atoms with van der Waals surface area (Å²) in [5.41, 5.74) is 1.21. The maximum absolute atomic E-state index is 13.3. The minimum absolute atomic E-state index is 0.0126. The molecular formula is C14H12FN5O2S. The zero-order chi connectivity index (χ0) is 16.4. The molecule has 0 amide bonds. The summed E-state index contributed by atoms with van der Waals surface area (Å²) in [6.45, 7) is 1.51. The monoisotopic (exact) mass is 333 g/mol. The third-order valence-corrected chi connectivity index (χ3v) is 4.54. The van der Waals surface area contributed by atoms with Crippen LogP contribution in [0.3, 0.4) is 0 Å². The summed E-state index contributed by atoms with van der Waals surface area (Å²) >= 11 is 0. The summed E-state index contributed by atoms with van der Waals surface area (Å²) in [7, 11) is -3.82. The van der Waals surface area contributed by atoms with Crippen molar-refractivity contribution in [2.75, 3.05) is 4.72 Å². The van der Waals surface area contributed by atoms with Crippen LogP contribution < -0.4 is 4.72 Å². The molecular weight excluding hydrogens is 321 g/mol. The SMILES string of the molecule is Cc1cc(S(=O)(=O)Nc2cccc(-c3nn[nH]n3)c2)ccc1F. The highest BCUT2D eigenvalue weighted by atomic mass is 32.2. The summed E-state index contributed by atoms with van der Waals surface area (Å²) in [6.07, 6.45) is 0. The second-order valence-corrected chi connectivity index (χ2v) is 6.52. The molecule has 23 heavy (non-hydrogen) atoms. The van der Waals surface area contributed by atoms with Gasteiger partial charge in [0.2, 0.25) is 5.82 Å². The molecule has 0 spiro atoms. The van der Waals surface area contributed by atoms with Crippen LogP contribution in [0.5, 0.6) is 0 Å². The molecule has 0 saturated carbocycles. The van der Waals surface area contributed by atoms with Crippen molar-refractivity contribution in [3.05, 3.63) is 53.8 Å². The maximum Gasteiger partial charge on any atom is 0.261 e. The Hall–Kier alpha value is -2.81. The van der Waals surface area contributed by atoms with Crippen molar-refractivity contribution >= 4 is 15.7 Å². The van der Waals surface area contributed by atoms with Gasteiger partial charge in [0.1, 0.15) is 5.82 Å². The van der Waals surface area contributed by atoms with Gasteiger partial charge in [-0.05, 0) is 48.0 Å². The zero-order valence-corrected chi connectivity index (χ0v) is 12.8.